The molecule has 0 N–H and O–H groups in total. The van der Waals surface area contributed by atoms with Crippen molar-refractivity contribution in [2.45, 2.75) is 26.7 Å². The molecule has 6 heteroatoms. The molecule has 4 rings (SSSR count). The van der Waals surface area contributed by atoms with Gasteiger partial charge in [-0.25, -0.2) is 14.8 Å². The molecule has 0 unspecified atom stereocenters. The van der Waals surface area contributed by atoms with E-state index in [-0.39, 0.29) is 5.91 Å². The fraction of sp³-hybridized carbons (Fsp3) is 0.238. The molecular formula is C21H19N3O3. The molecule has 2 heterocycles. The molecule has 6 nitrogen and oxygen atoms in total. The van der Waals surface area contributed by atoms with Gasteiger partial charge < -0.3 is 9.64 Å². The number of aryl methyl sites for hydroxylation is 2. The summed E-state index contributed by atoms with van der Waals surface area (Å²) in [5, 5.41) is 0. The van der Waals surface area contributed by atoms with Gasteiger partial charge in [-0.3, -0.25) is 4.79 Å². The van der Waals surface area contributed by atoms with Crippen molar-refractivity contribution in [1.82, 2.24) is 9.97 Å². The van der Waals surface area contributed by atoms with Gasteiger partial charge in [-0.05, 0) is 62.7 Å². The fourth-order valence-corrected chi connectivity index (χ4v) is 3.14. The molecule has 0 aliphatic carbocycles. The Balaban J connectivity index is 1.52. The lowest BCUT2D eigenvalue weighted by Gasteiger charge is -2.15. The maximum absolute atomic E-state index is 12.5. The second kappa shape index (κ2) is 6.79. The predicted molar refractivity (Wildman–Crippen MR) is 102 cm³/mol. The van der Waals surface area contributed by atoms with Gasteiger partial charge in [0.1, 0.15) is 5.75 Å². The molecule has 0 radical (unpaired) electrons. The third kappa shape index (κ3) is 3.38. The lowest BCUT2D eigenvalue weighted by Crippen LogP contribution is -2.23. The van der Waals surface area contributed by atoms with Crippen LogP contribution in [-0.2, 0) is 4.79 Å². The average Bonchev–Trinajstić information content (AvgIpc) is 3.09. The Labute approximate surface area is 156 Å². The molecular weight excluding hydrogens is 342 g/mol. The number of rotatable bonds is 3. The summed E-state index contributed by atoms with van der Waals surface area (Å²) < 4.78 is 5.46. The number of fused-ring (bicyclic) bond motifs is 1. The van der Waals surface area contributed by atoms with E-state index >= 15 is 0 Å². The number of benzene rings is 2. The number of nitrogens with zero attached hydrogens (tertiary/aromatic N) is 3. The van der Waals surface area contributed by atoms with Gasteiger partial charge >= 0.3 is 5.97 Å². The van der Waals surface area contributed by atoms with Gasteiger partial charge in [-0.15, -0.1) is 0 Å². The second-order valence-corrected chi connectivity index (χ2v) is 6.63. The van der Waals surface area contributed by atoms with Crippen molar-refractivity contribution >= 4 is 28.6 Å². The first-order valence-electron chi connectivity index (χ1n) is 8.89. The first-order chi connectivity index (χ1) is 13.0. The van der Waals surface area contributed by atoms with E-state index in [1.165, 1.54) is 0 Å². The number of carbonyl (C=O) groups is 2. The number of aromatic nitrogens is 2. The topological polar surface area (TPSA) is 72.4 Å². The molecule has 1 aliphatic heterocycles. The van der Waals surface area contributed by atoms with Crippen molar-refractivity contribution in [3.63, 3.8) is 0 Å². The highest BCUT2D eigenvalue weighted by molar-refractivity contribution is 5.96. The minimum absolute atomic E-state index is 0.127. The fourth-order valence-electron chi connectivity index (χ4n) is 3.14. The molecule has 1 aliphatic rings. The Kier molecular flexibility index (Phi) is 4.32. The van der Waals surface area contributed by atoms with Crippen molar-refractivity contribution in [3.8, 4) is 5.75 Å². The summed E-state index contributed by atoms with van der Waals surface area (Å²) in [6.45, 7) is 4.53. The number of hydrogen-bond acceptors (Lipinski definition) is 5. The molecule has 0 saturated carbocycles. The van der Waals surface area contributed by atoms with Crippen LogP contribution in [0.5, 0.6) is 5.75 Å². The SMILES string of the molecule is Cc1nc2ccc(C(=O)Oc3ccc(N4CCCC4=O)cc3)cc2nc1C. The van der Waals surface area contributed by atoms with E-state index in [2.05, 4.69) is 9.97 Å². The number of hydrogen-bond donors (Lipinski definition) is 0. The Bertz CT molecular complexity index is 1040. The summed E-state index contributed by atoms with van der Waals surface area (Å²) in [6.07, 6.45) is 1.46. The van der Waals surface area contributed by atoms with Crippen LogP contribution in [-0.4, -0.2) is 28.4 Å². The summed E-state index contributed by atoms with van der Waals surface area (Å²) in [5.74, 6) is 0.103. The van der Waals surface area contributed by atoms with Gasteiger partial charge in [0.15, 0.2) is 0 Å². The van der Waals surface area contributed by atoms with Crippen molar-refractivity contribution in [1.29, 1.82) is 0 Å². The summed E-state index contributed by atoms with van der Waals surface area (Å²) in [5.41, 5.74) is 4.35. The first-order valence-corrected chi connectivity index (χ1v) is 8.89. The number of ether oxygens (including phenoxy) is 1. The Hall–Kier alpha value is -3.28. The lowest BCUT2D eigenvalue weighted by atomic mass is 10.2. The van der Waals surface area contributed by atoms with Crippen LogP contribution in [0.1, 0.15) is 34.6 Å². The Morgan fingerprint density at radius 1 is 1.00 bits per heavy atom. The van der Waals surface area contributed by atoms with Crippen molar-refractivity contribution in [3.05, 3.63) is 59.4 Å². The van der Waals surface area contributed by atoms with Gasteiger partial charge in [-0.2, -0.15) is 0 Å². The van der Waals surface area contributed by atoms with Crippen LogP contribution in [0.3, 0.4) is 0 Å². The molecule has 0 spiro atoms. The number of anilines is 1. The Morgan fingerprint density at radius 3 is 2.37 bits per heavy atom. The van der Waals surface area contributed by atoms with E-state index in [0.717, 1.165) is 35.6 Å². The minimum Gasteiger partial charge on any atom is -0.423 e. The maximum atomic E-state index is 12.5. The molecule has 3 aromatic rings. The largest absolute Gasteiger partial charge is 0.423 e. The van der Waals surface area contributed by atoms with E-state index in [1.807, 2.05) is 13.8 Å². The van der Waals surface area contributed by atoms with Crippen molar-refractivity contribution in [2.75, 3.05) is 11.4 Å². The van der Waals surface area contributed by atoms with Crippen molar-refractivity contribution < 1.29 is 14.3 Å². The molecule has 1 saturated heterocycles. The monoisotopic (exact) mass is 361 g/mol. The van der Waals surface area contributed by atoms with Crippen LogP contribution in [0, 0.1) is 13.8 Å². The highest BCUT2D eigenvalue weighted by atomic mass is 16.5. The van der Waals surface area contributed by atoms with E-state index in [9.17, 15) is 9.59 Å². The zero-order valence-corrected chi connectivity index (χ0v) is 15.2. The zero-order valence-electron chi connectivity index (χ0n) is 15.2. The van der Waals surface area contributed by atoms with Crippen LogP contribution in [0.4, 0.5) is 5.69 Å². The van der Waals surface area contributed by atoms with Crippen LogP contribution >= 0.6 is 0 Å². The van der Waals surface area contributed by atoms with Gasteiger partial charge in [0, 0.05) is 18.7 Å². The average molecular weight is 361 g/mol. The smallest absolute Gasteiger partial charge is 0.343 e. The summed E-state index contributed by atoms with van der Waals surface area (Å²) in [4.78, 5) is 35.0. The molecule has 1 fully saturated rings. The van der Waals surface area contributed by atoms with Crippen LogP contribution in [0.25, 0.3) is 11.0 Å². The van der Waals surface area contributed by atoms with Crippen LogP contribution < -0.4 is 9.64 Å². The van der Waals surface area contributed by atoms with Crippen LogP contribution in [0.15, 0.2) is 42.5 Å². The lowest BCUT2D eigenvalue weighted by molar-refractivity contribution is -0.117. The standard InChI is InChI=1S/C21H19N3O3/c1-13-14(2)23-19-12-15(5-10-18(19)22-13)21(26)27-17-8-6-16(7-9-17)24-11-3-4-20(24)25/h5-10,12H,3-4,11H2,1-2H3. The summed E-state index contributed by atoms with van der Waals surface area (Å²) in [7, 11) is 0. The molecule has 0 bridgehead atoms. The molecule has 136 valence electrons. The van der Waals surface area contributed by atoms with E-state index in [1.54, 1.807) is 47.4 Å². The van der Waals surface area contributed by atoms with Gasteiger partial charge in [0.05, 0.1) is 28.0 Å². The number of amides is 1. The normalized spacial score (nSPS) is 14.0. The molecule has 1 aromatic heterocycles. The molecule has 1 amide bonds. The van der Waals surface area contributed by atoms with Gasteiger partial charge in [0.25, 0.3) is 0 Å². The highest BCUT2D eigenvalue weighted by Gasteiger charge is 2.21. The third-order valence-electron chi connectivity index (χ3n) is 4.74. The second-order valence-electron chi connectivity index (χ2n) is 6.63. The maximum Gasteiger partial charge on any atom is 0.343 e. The summed E-state index contributed by atoms with van der Waals surface area (Å²) in [6, 6.07) is 12.1. The van der Waals surface area contributed by atoms with Gasteiger partial charge in [0.2, 0.25) is 5.91 Å². The summed E-state index contributed by atoms with van der Waals surface area (Å²) >= 11 is 0. The Morgan fingerprint density at radius 2 is 1.70 bits per heavy atom. The van der Waals surface area contributed by atoms with Crippen molar-refractivity contribution in [2.24, 2.45) is 0 Å². The molecule has 27 heavy (non-hydrogen) atoms. The predicted octanol–water partition coefficient (Wildman–Crippen LogP) is 3.59. The zero-order chi connectivity index (χ0) is 19.0. The third-order valence-corrected chi connectivity index (χ3v) is 4.74. The van der Waals surface area contributed by atoms with Gasteiger partial charge in [-0.1, -0.05) is 0 Å². The number of esters is 1. The van der Waals surface area contributed by atoms with E-state index in [4.69, 9.17) is 4.74 Å². The van der Waals surface area contributed by atoms with E-state index in [0.29, 0.717) is 23.3 Å². The first kappa shape index (κ1) is 17.1. The quantitative estimate of drug-likeness (QED) is 0.526. The highest BCUT2D eigenvalue weighted by Crippen LogP contribution is 2.24. The minimum atomic E-state index is -0.457. The van der Waals surface area contributed by atoms with E-state index < -0.39 is 5.97 Å². The molecule has 0 atom stereocenters. The van der Waals surface area contributed by atoms with Crippen LogP contribution in [0.2, 0.25) is 0 Å². The number of carbonyl (C=O) groups excluding carboxylic acids is 2. The molecule has 2 aromatic carbocycles.